The minimum atomic E-state index is 0.365. The van der Waals surface area contributed by atoms with Crippen molar-refractivity contribution in [2.24, 2.45) is 0 Å². The number of hydrogen-bond acceptors (Lipinski definition) is 5. The fourth-order valence-corrected chi connectivity index (χ4v) is 13.8. The van der Waals surface area contributed by atoms with Gasteiger partial charge in [-0.25, -0.2) is 24.6 Å². The van der Waals surface area contributed by atoms with Crippen LogP contribution in [-0.4, -0.2) is 28.7 Å². The molecule has 10 heteroatoms. The van der Waals surface area contributed by atoms with Crippen molar-refractivity contribution in [2.75, 3.05) is 0 Å². The lowest BCUT2D eigenvalue weighted by atomic mass is 9.92. The van der Waals surface area contributed by atoms with E-state index in [9.17, 15) is 10.5 Å². The zero-order chi connectivity index (χ0) is 63.7. The molecule has 10 nitrogen and oxygen atoms in total. The molecule has 0 aliphatic rings. The Labute approximate surface area is 545 Å². The monoisotopic (exact) mass is 1210 g/mol. The van der Waals surface area contributed by atoms with Crippen molar-refractivity contribution < 1.29 is 0 Å². The van der Waals surface area contributed by atoms with Crippen molar-refractivity contribution in [1.29, 1.82) is 10.5 Å². The molecule has 0 saturated carbocycles. The second kappa shape index (κ2) is 22.6. The first kappa shape index (κ1) is 55.3. The van der Waals surface area contributed by atoms with Gasteiger partial charge in [0.05, 0.1) is 64.1 Å². The SMILES string of the molecule is [C-]#[N+]c1ccc(-c2ccc3c(c2)c2cc(-c4ccc(C#N)cc4[N+]#[C-])ccc2n3-c2c(-c3ccc(-n4c5ccccc5c5ccccc54)cc3)cc(-c3nc(-c4ccccc4)nc(-c4ccccc4)n3)cc2-c2ccc(-n3c4ccccc4c4ccccc43)cc2)c(C#N)c1. The number of para-hydroxylation sites is 4. The molecule has 4 heterocycles. The standard InChI is InChI=1S/C85H48N10/c1-88-62-36-42-65(61(46-62)52-87)58-34-43-80-73(47-58)74-48-59(66-41-29-53(51-86)45-75(66)89-2)35-44-81(74)95(80)82-71(54-30-37-63(38-31-54)93-76-25-13-9-21-67(76)68-22-10-14-26-77(68)93)49-60(85-91-83(56-17-5-3-6-18-56)90-84(92-85)57-19-7-4-8-20-57)50-72(82)55-32-39-64(40-33-55)94-78-27-15-11-23-69(78)70-24-12-16-28-79(70)94/h3-50H. The molecule has 17 rings (SSSR count). The van der Waals surface area contributed by atoms with Crippen molar-refractivity contribution in [3.8, 4) is 108 Å². The summed E-state index contributed by atoms with van der Waals surface area (Å²) in [4.78, 5) is 23.5. The lowest BCUT2D eigenvalue weighted by Gasteiger charge is -2.22. The molecule has 0 spiro atoms. The van der Waals surface area contributed by atoms with Gasteiger partial charge in [0.1, 0.15) is 0 Å². The van der Waals surface area contributed by atoms with E-state index in [0.29, 0.717) is 51.1 Å². The highest BCUT2D eigenvalue weighted by Crippen LogP contribution is 2.47. The van der Waals surface area contributed by atoms with E-state index in [2.05, 4.69) is 230 Å². The molecule has 0 radical (unpaired) electrons. The van der Waals surface area contributed by atoms with Gasteiger partial charge in [0.2, 0.25) is 0 Å². The fraction of sp³-hybridized carbons (Fsp3) is 0. The molecule has 0 aliphatic heterocycles. The predicted molar refractivity (Wildman–Crippen MR) is 383 cm³/mol. The van der Waals surface area contributed by atoms with Crippen molar-refractivity contribution in [1.82, 2.24) is 28.7 Å². The summed E-state index contributed by atoms with van der Waals surface area (Å²) in [5, 5.41) is 27.0. The van der Waals surface area contributed by atoms with Crippen molar-refractivity contribution >= 4 is 76.8 Å². The second-order valence-electron chi connectivity index (χ2n) is 23.5. The largest absolute Gasteiger partial charge is 0.309 e. The topological polar surface area (TPSA) is 110 Å². The van der Waals surface area contributed by atoms with Crippen LogP contribution in [0.4, 0.5) is 11.4 Å². The molecule has 0 bridgehead atoms. The van der Waals surface area contributed by atoms with Crippen LogP contribution in [-0.2, 0) is 0 Å². The molecule has 0 atom stereocenters. The average molecular weight is 1210 g/mol. The zero-order valence-electron chi connectivity index (χ0n) is 50.7. The van der Waals surface area contributed by atoms with Gasteiger partial charge in [-0.05, 0) is 137 Å². The molecule has 13 aromatic carbocycles. The molecule has 0 N–H and O–H groups in total. The number of rotatable bonds is 10. The van der Waals surface area contributed by atoms with Crippen molar-refractivity contribution in [3.63, 3.8) is 0 Å². The third kappa shape index (κ3) is 9.26. The van der Waals surface area contributed by atoms with Gasteiger partial charge in [0.15, 0.2) is 28.8 Å². The Morgan fingerprint density at radius 3 is 1.15 bits per heavy atom. The number of benzene rings is 13. The Bertz CT molecular complexity index is 5710. The van der Waals surface area contributed by atoms with E-state index in [0.717, 1.165) is 111 Å². The summed E-state index contributed by atoms with van der Waals surface area (Å²) in [5.41, 5.74) is 19.7. The molecule has 0 fully saturated rings. The quantitative estimate of drug-likeness (QED) is 0.127. The lowest BCUT2D eigenvalue weighted by Crippen LogP contribution is -2.04. The Hall–Kier alpha value is -13.8. The smallest absolute Gasteiger partial charge is 0.196 e. The lowest BCUT2D eigenvalue weighted by molar-refractivity contribution is 1.07. The second-order valence-corrected chi connectivity index (χ2v) is 23.5. The van der Waals surface area contributed by atoms with Gasteiger partial charge < -0.3 is 13.7 Å². The number of hydrogen-bond donors (Lipinski definition) is 0. The zero-order valence-corrected chi connectivity index (χ0v) is 50.7. The average Bonchev–Trinajstić information content (AvgIpc) is 1.61. The Morgan fingerprint density at radius 2 is 0.705 bits per heavy atom. The third-order valence-corrected chi connectivity index (χ3v) is 18.2. The summed E-state index contributed by atoms with van der Waals surface area (Å²) in [5.74, 6) is 1.56. The van der Waals surface area contributed by atoms with Gasteiger partial charge in [0.25, 0.3) is 0 Å². The van der Waals surface area contributed by atoms with Crippen LogP contribution in [0.1, 0.15) is 11.1 Å². The van der Waals surface area contributed by atoms with E-state index in [1.807, 2.05) is 72.8 Å². The molecule has 0 unspecified atom stereocenters. The first-order valence-corrected chi connectivity index (χ1v) is 31.1. The van der Waals surface area contributed by atoms with Gasteiger partial charge in [-0.3, -0.25) is 0 Å². The van der Waals surface area contributed by atoms with Crippen LogP contribution in [0.3, 0.4) is 0 Å². The van der Waals surface area contributed by atoms with Gasteiger partial charge in [0, 0.05) is 82.6 Å². The molecule has 4 aromatic heterocycles. The van der Waals surface area contributed by atoms with E-state index in [1.54, 1.807) is 24.3 Å². The maximum absolute atomic E-state index is 10.6. The maximum atomic E-state index is 10.6. The minimum Gasteiger partial charge on any atom is -0.309 e. The Kier molecular flexibility index (Phi) is 13.2. The fourth-order valence-electron chi connectivity index (χ4n) is 13.8. The van der Waals surface area contributed by atoms with Crippen molar-refractivity contribution in [3.05, 3.63) is 325 Å². The highest BCUT2D eigenvalue weighted by Gasteiger charge is 2.26. The van der Waals surface area contributed by atoms with Gasteiger partial charge in [-0.2, -0.15) is 10.5 Å². The molecule has 0 amide bonds. The van der Waals surface area contributed by atoms with E-state index >= 15 is 0 Å². The number of fused-ring (bicyclic) bond motifs is 9. The highest BCUT2D eigenvalue weighted by molar-refractivity contribution is 6.14. The molecule has 95 heavy (non-hydrogen) atoms. The van der Waals surface area contributed by atoms with Crippen LogP contribution in [0.5, 0.6) is 0 Å². The Morgan fingerprint density at radius 1 is 0.295 bits per heavy atom. The van der Waals surface area contributed by atoms with Crippen LogP contribution in [0.15, 0.2) is 291 Å². The Balaban J connectivity index is 0.985. The first-order valence-electron chi connectivity index (χ1n) is 31.1. The summed E-state index contributed by atoms with van der Waals surface area (Å²) in [6.45, 7) is 16.1. The third-order valence-electron chi connectivity index (χ3n) is 18.2. The normalized spacial score (nSPS) is 11.3. The van der Waals surface area contributed by atoms with E-state index < -0.39 is 0 Å². The predicted octanol–water partition coefficient (Wildman–Crippen LogP) is 21.7. The van der Waals surface area contributed by atoms with E-state index in [4.69, 9.17) is 28.1 Å². The van der Waals surface area contributed by atoms with Gasteiger partial charge in [-0.15, -0.1) is 0 Å². The molecule has 0 saturated heterocycles. The first-order chi connectivity index (χ1) is 46.9. The molecule has 17 aromatic rings. The van der Waals surface area contributed by atoms with Crippen LogP contribution in [0.25, 0.3) is 171 Å². The van der Waals surface area contributed by atoms with E-state index in [1.165, 1.54) is 21.5 Å². The number of aromatic nitrogens is 6. The summed E-state index contributed by atoms with van der Waals surface area (Å²) >= 11 is 0. The van der Waals surface area contributed by atoms with E-state index in [-0.39, 0.29) is 0 Å². The van der Waals surface area contributed by atoms with Gasteiger partial charge >= 0.3 is 0 Å². The molecular formula is C85H48N10. The van der Waals surface area contributed by atoms with Crippen LogP contribution < -0.4 is 0 Å². The molecule has 438 valence electrons. The summed E-state index contributed by atoms with van der Waals surface area (Å²) in [7, 11) is 0. The van der Waals surface area contributed by atoms with Crippen LogP contribution >= 0.6 is 0 Å². The summed E-state index contributed by atoms with van der Waals surface area (Å²) in [6.07, 6.45) is 0. The van der Waals surface area contributed by atoms with Crippen molar-refractivity contribution in [2.45, 2.75) is 0 Å². The summed E-state index contributed by atoms with van der Waals surface area (Å²) < 4.78 is 7.02. The number of nitriles is 2. The van der Waals surface area contributed by atoms with Crippen LogP contribution in [0.2, 0.25) is 0 Å². The number of nitrogens with zero attached hydrogens (tertiary/aromatic N) is 10. The van der Waals surface area contributed by atoms with Crippen LogP contribution in [0, 0.1) is 35.8 Å². The maximum Gasteiger partial charge on any atom is 0.196 e. The molecule has 0 aliphatic carbocycles. The minimum absolute atomic E-state index is 0.365. The highest BCUT2D eigenvalue weighted by atomic mass is 15.0. The molecular weight excluding hydrogens is 1160 g/mol. The summed E-state index contributed by atoms with van der Waals surface area (Å²) in [6, 6.07) is 104. The van der Waals surface area contributed by atoms with Gasteiger partial charge in [-0.1, -0.05) is 188 Å².